The largest absolute Gasteiger partial charge is 0.496 e. The normalized spacial score (nSPS) is 11.6. The molecule has 0 spiro atoms. The molecular weight excluding hydrogens is 398 g/mol. The van der Waals surface area contributed by atoms with Gasteiger partial charge in [-0.25, -0.2) is 0 Å². The molecule has 1 atom stereocenters. The van der Waals surface area contributed by atoms with E-state index in [4.69, 9.17) is 21.1 Å². The van der Waals surface area contributed by atoms with Crippen LogP contribution in [0.5, 0.6) is 11.5 Å². The maximum absolute atomic E-state index is 12.7. The van der Waals surface area contributed by atoms with E-state index in [0.29, 0.717) is 22.9 Å². The van der Waals surface area contributed by atoms with Crippen LogP contribution in [0.25, 0.3) is 0 Å². The zero-order valence-electron chi connectivity index (χ0n) is 17.4. The van der Waals surface area contributed by atoms with Gasteiger partial charge < -0.3 is 14.8 Å². The third kappa shape index (κ3) is 5.33. The van der Waals surface area contributed by atoms with Crippen molar-refractivity contribution < 1.29 is 14.3 Å². The Hall–Kier alpha value is -2.98. The molecule has 0 unspecified atom stereocenters. The predicted molar refractivity (Wildman–Crippen MR) is 120 cm³/mol. The van der Waals surface area contributed by atoms with Crippen LogP contribution >= 0.6 is 11.6 Å². The Morgan fingerprint density at radius 2 is 1.80 bits per heavy atom. The highest BCUT2D eigenvalue weighted by molar-refractivity contribution is 6.31. The summed E-state index contributed by atoms with van der Waals surface area (Å²) < 4.78 is 11.1. The number of aryl methyl sites for hydroxylation is 1. The summed E-state index contributed by atoms with van der Waals surface area (Å²) in [5.74, 6) is 1.41. The topological polar surface area (TPSA) is 47.6 Å². The van der Waals surface area contributed by atoms with Gasteiger partial charge in [-0.05, 0) is 60.9 Å². The zero-order chi connectivity index (χ0) is 21.5. The van der Waals surface area contributed by atoms with Crippen LogP contribution in [0, 0.1) is 6.92 Å². The van der Waals surface area contributed by atoms with Crippen LogP contribution in [0.15, 0.2) is 66.7 Å². The molecule has 0 radical (unpaired) electrons. The van der Waals surface area contributed by atoms with Crippen molar-refractivity contribution in [3.8, 4) is 11.5 Å². The maximum atomic E-state index is 12.7. The number of halogens is 1. The minimum atomic E-state index is -0.118. The molecule has 0 saturated carbocycles. The molecule has 3 rings (SSSR count). The van der Waals surface area contributed by atoms with Gasteiger partial charge in [0.2, 0.25) is 0 Å². The minimum absolute atomic E-state index is 0.0711. The van der Waals surface area contributed by atoms with Crippen LogP contribution in [-0.2, 0) is 6.61 Å². The quantitative estimate of drug-likeness (QED) is 0.475. The van der Waals surface area contributed by atoms with Crippen LogP contribution in [0.3, 0.4) is 0 Å². The molecule has 30 heavy (non-hydrogen) atoms. The molecule has 0 aliphatic heterocycles. The molecule has 0 saturated heterocycles. The molecule has 156 valence electrons. The first kappa shape index (κ1) is 21.7. The number of nitrogens with one attached hydrogen (secondary N) is 1. The molecule has 0 aliphatic carbocycles. The summed E-state index contributed by atoms with van der Waals surface area (Å²) in [5.41, 5.74) is 3.61. The van der Waals surface area contributed by atoms with Crippen molar-refractivity contribution in [3.63, 3.8) is 0 Å². The Labute approximate surface area is 182 Å². The molecular formula is C25H26ClNO3. The predicted octanol–water partition coefficient (Wildman–Crippen LogP) is 6.12. The van der Waals surface area contributed by atoms with Gasteiger partial charge in [0.25, 0.3) is 5.91 Å². The second kappa shape index (κ2) is 10.2. The van der Waals surface area contributed by atoms with Crippen molar-refractivity contribution in [1.82, 2.24) is 5.32 Å². The summed E-state index contributed by atoms with van der Waals surface area (Å²) in [7, 11) is 1.66. The Morgan fingerprint density at radius 1 is 1.07 bits per heavy atom. The molecule has 0 aliphatic rings. The Kier molecular flexibility index (Phi) is 7.36. The third-order valence-corrected chi connectivity index (χ3v) is 5.37. The van der Waals surface area contributed by atoms with Gasteiger partial charge in [0.05, 0.1) is 13.2 Å². The number of ether oxygens (including phenoxy) is 2. The highest BCUT2D eigenvalue weighted by atomic mass is 35.5. The fourth-order valence-electron chi connectivity index (χ4n) is 3.26. The zero-order valence-corrected chi connectivity index (χ0v) is 18.2. The fourth-order valence-corrected chi connectivity index (χ4v) is 3.45. The highest BCUT2D eigenvalue weighted by Crippen LogP contribution is 2.25. The molecule has 3 aromatic carbocycles. The highest BCUT2D eigenvalue weighted by Gasteiger charge is 2.15. The Morgan fingerprint density at radius 3 is 2.43 bits per heavy atom. The number of hydrogen-bond acceptors (Lipinski definition) is 3. The molecule has 4 nitrogen and oxygen atoms in total. The number of rotatable bonds is 8. The molecule has 0 bridgehead atoms. The van der Waals surface area contributed by atoms with Gasteiger partial charge in [0, 0.05) is 16.1 Å². The van der Waals surface area contributed by atoms with Crippen molar-refractivity contribution in [2.24, 2.45) is 0 Å². The van der Waals surface area contributed by atoms with Gasteiger partial charge >= 0.3 is 0 Å². The Bertz CT molecular complexity index is 1000. The van der Waals surface area contributed by atoms with Crippen LogP contribution < -0.4 is 14.8 Å². The number of amides is 1. The van der Waals surface area contributed by atoms with Crippen molar-refractivity contribution in [3.05, 3.63) is 94.0 Å². The molecule has 5 heteroatoms. The monoisotopic (exact) mass is 423 g/mol. The summed E-state index contributed by atoms with van der Waals surface area (Å²) in [6.07, 6.45) is 0.788. The molecule has 0 heterocycles. The van der Waals surface area contributed by atoms with Gasteiger partial charge in [-0.3, -0.25) is 4.79 Å². The average molecular weight is 424 g/mol. The first-order valence-electron chi connectivity index (χ1n) is 9.93. The molecule has 1 amide bonds. The summed E-state index contributed by atoms with van der Waals surface area (Å²) in [6, 6.07) is 20.6. The second-order valence-electron chi connectivity index (χ2n) is 7.07. The van der Waals surface area contributed by atoms with Crippen LogP contribution in [-0.4, -0.2) is 13.0 Å². The van der Waals surface area contributed by atoms with Crippen molar-refractivity contribution in [2.45, 2.75) is 32.9 Å². The van der Waals surface area contributed by atoms with E-state index >= 15 is 0 Å². The number of carbonyl (C=O) groups excluding carboxylic acids is 1. The first-order valence-corrected chi connectivity index (χ1v) is 10.3. The van der Waals surface area contributed by atoms with Crippen molar-refractivity contribution in [2.75, 3.05) is 7.11 Å². The van der Waals surface area contributed by atoms with Crippen molar-refractivity contribution >= 4 is 17.5 Å². The minimum Gasteiger partial charge on any atom is -0.496 e. The summed E-state index contributed by atoms with van der Waals surface area (Å²) in [5, 5.41) is 3.78. The first-order chi connectivity index (χ1) is 14.5. The van der Waals surface area contributed by atoms with E-state index in [9.17, 15) is 4.79 Å². The maximum Gasteiger partial charge on any atom is 0.251 e. The number of benzene rings is 3. The smallest absolute Gasteiger partial charge is 0.251 e. The summed E-state index contributed by atoms with van der Waals surface area (Å²) in [6.45, 7) is 4.42. The molecule has 3 aromatic rings. The number of carbonyl (C=O) groups is 1. The summed E-state index contributed by atoms with van der Waals surface area (Å²) >= 11 is 6.16. The standard InChI is InChI=1S/C25H26ClNO3/c1-4-23(19-11-14-24(29-3)17(2)15-19)27-25(28)18-9-12-21(13-10-18)30-16-20-7-5-6-8-22(20)26/h5-15,23H,4,16H2,1-3H3,(H,27,28)/t23-/m0/s1. The van der Waals surface area contributed by atoms with E-state index in [1.54, 1.807) is 31.4 Å². The summed E-state index contributed by atoms with van der Waals surface area (Å²) in [4.78, 5) is 12.7. The average Bonchev–Trinajstić information content (AvgIpc) is 2.77. The van der Waals surface area contributed by atoms with E-state index in [0.717, 1.165) is 28.9 Å². The van der Waals surface area contributed by atoms with Crippen LogP contribution in [0.4, 0.5) is 0 Å². The van der Waals surface area contributed by atoms with Crippen LogP contribution in [0.2, 0.25) is 5.02 Å². The fraction of sp³-hybridized carbons (Fsp3) is 0.240. The molecule has 0 fully saturated rings. The van der Waals surface area contributed by atoms with E-state index < -0.39 is 0 Å². The lowest BCUT2D eigenvalue weighted by atomic mass is 10.0. The van der Waals surface area contributed by atoms with E-state index in [1.807, 2.05) is 43.3 Å². The van der Waals surface area contributed by atoms with E-state index in [2.05, 4.69) is 18.3 Å². The third-order valence-electron chi connectivity index (χ3n) is 5.00. The lowest BCUT2D eigenvalue weighted by Gasteiger charge is -2.19. The van der Waals surface area contributed by atoms with E-state index in [1.165, 1.54) is 0 Å². The lowest BCUT2D eigenvalue weighted by Crippen LogP contribution is -2.28. The van der Waals surface area contributed by atoms with Gasteiger partial charge in [0.1, 0.15) is 18.1 Å². The number of hydrogen-bond donors (Lipinski definition) is 1. The molecule has 1 N–H and O–H groups in total. The van der Waals surface area contributed by atoms with E-state index in [-0.39, 0.29) is 11.9 Å². The van der Waals surface area contributed by atoms with Crippen molar-refractivity contribution in [1.29, 1.82) is 0 Å². The SMILES string of the molecule is CC[C@H](NC(=O)c1ccc(OCc2ccccc2Cl)cc1)c1ccc(OC)c(C)c1. The lowest BCUT2D eigenvalue weighted by molar-refractivity contribution is 0.0935. The molecule has 0 aromatic heterocycles. The van der Waals surface area contributed by atoms with Gasteiger partial charge in [-0.1, -0.05) is 48.9 Å². The second-order valence-corrected chi connectivity index (χ2v) is 7.48. The van der Waals surface area contributed by atoms with Gasteiger partial charge in [0.15, 0.2) is 0 Å². The van der Waals surface area contributed by atoms with Gasteiger partial charge in [-0.15, -0.1) is 0 Å². The van der Waals surface area contributed by atoms with Crippen LogP contribution in [0.1, 0.15) is 46.4 Å². The number of methoxy groups -OCH3 is 1. The Balaban J connectivity index is 1.63. The van der Waals surface area contributed by atoms with Gasteiger partial charge in [-0.2, -0.15) is 0 Å².